The summed E-state index contributed by atoms with van der Waals surface area (Å²) in [6.07, 6.45) is 76.2. The zero-order valence-electron chi connectivity index (χ0n) is 47.7. The molecule has 0 aromatic carbocycles. The largest absolute Gasteiger partial charge is 0.466 e. The number of aliphatic hydroxyl groups is 2. The Morgan fingerprint density at radius 1 is 0.380 bits per heavy atom. The number of hydrogen-bond acceptors (Lipinski definition) is 5. The van der Waals surface area contributed by atoms with Gasteiger partial charge in [0.15, 0.2) is 0 Å². The number of ether oxygens (including phenoxy) is 1. The fourth-order valence-corrected chi connectivity index (χ4v) is 9.74. The van der Waals surface area contributed by atoms with Crippen LogP contribution in [0.1, 0.15) is 341 Å². The van der Waals surface area contributed by atoms with Crippen molar-refractivity contribution in [2.75, 3.05) is 13.2 Å². The zero-order valence-corrected chi connectivity index (χ0v) is 47.7. The Balaban J connectivity index is 3.39. The van der Waals surface area contributed by atoms with E-state index in [1.165, 1.54) is 270 Å². The second kappa shape index (κ2) is 60.6. The molecule has 0 aliphatic carbocycles. The highest BCUT2D eigenvalue weighted by atomic mass is 16.5. The summed E-state index contributed by atoms with van der Waals surface area (Å²) in [5.41, 5.74) is 0. The van der Waals surface area contributed by atoms with E-state index >= 15 is 0 Å². The van der Waals surface area contributed by atoms with Crippen molar-refractivity contribution in [3.05, 3.63) is 36.5 Å². The molecule has 0 saturated heterocycles. The molecule has 0 aliphatic heterocycles. The van der Waals surface area contributed by atoms with Gasteiger partial charge in [-0.05, 0) is 83.5 Å². The van der Waals surface area contributed by atoms with Gasteiger partial charge in [-0.2, -0.15) is 0 Å². The van der Waals surface area contributed by atoms with Crippen molar-refractivity contribution < 1.29 is 24.5 Å². The number of carbonyl (C=O) groups excluding carboxylic acids is 2. The number of amides is 1. The van der Waals surface area contributed by atoms with Crippen molar-refractivity contribution in [2.45, 2.75) is 353 Å². The molecule has 6 nitrogen and oxygen atoms in total. The highest BCUT2D eigenvalue weighted by Crippen LogP contribution is 2.17. The molecule has 6 heteroatoms. The molecule has 1 amide bonds. The van der Waals surface area contributed by atoms with Crippen molar-refractivity contribution in [1.82, 2.24) is 5.32 Å². The smallest absolute Gasteiger partial charge is 0.305 e. The molecular weight excluding hydrogens is 875 g/mol. The average Bonchev–Trinajstić information content (AvgIpc) is 3.37. The molecule has 418 valence electrons. The normalized spacial score (nSPS) is 12.8. The van der Waals surface area contributed by atoms with Crippen LogP contribution in [0.4, 0.5) is 0 Å². The van der Waals surface area contributed by atoms with Crippen LogP contribution in [0.25, 0.3) is 0 Å². The van der Waals surface area contributed by atoms with Gasteiger partial charge in [0.2, 0.25) is 5.91 Å². The third-order valence-electron chi connectivity index (χ3n) is 14.6. The van der Waals surface area contributed by atoms with Gasteiger partial charge in [-0.3, -0.25) is 9.59 Å². The van der Waals surface area contributed by atoms with E-state index in [1.807, 2.05) is 6.08 Å². The van der Waals surface area contributed by atoms with E-state index in [-0.39, 0.29) is 18.5 Å². The Labute approximate surface area is 443 Å². The average molecular weight is 999 g/mol. The summed E-state index contributed by atoms with van der Waals surface area (Å²) >= 11 is 0. The summed E-state index contributed by atoms with van der Waals surface area (Å²) in [6.45, 7) is 4.90. The fourth-order valence-electron chi connectivity index (χ4n) is 9.74. The van der Waals surface area contributed by atoms with Gasteiger partial charge in [-0.25, -0.2) is 0 Å². The molecular formula is C65H123NO5. The number of carbonyl (C=O) groups is 2. The molecule has 0 bridgehead atoms. The first-order valence-corrected chi connectivity index (χ1v) is 31.8. The molecule has 0 saturated carbocycles. The van der Waals surface area contributed by atoms with E-state index < -0.39 is 12.1 Å². The third kappa shape index (κ3) is 57.2. The minimum absolute atomic E-state index is 0.00611. The molecule has 0 heterocycles. The number of rotatable bonds is 59. The molecule has 0 rings (SSSR count). The maximum atomic E-state index is 12.4. The maximum Gasteiger partial charge on any atom is 0.305 e. The summed E-state index contributed by atoms with van der Waals surface area (Å²) in [5, 5.41) is 23.1. The molecule has 3 N–H and O–H groups in total. The molecule has 0 spiro atoms. The number of nitrogens with one attached hydrogen (secondary N) is 1. The van der Waals surface area contributed by atoms with Crippen LogP contribution in [-0.2, 0) is 14.3 Å². The lowest BCUT2D eigenvalue weighted by Crippen LogP contribution is -2.45. The van der Waals surface area contributed by atoms with Crippen molar-refractivity contribution >= 4 is 11.9 Å². The molecule has 0 aromatic heterocycles. The first kappa shape index (κ1) is 69.1. The first-order chi connectivity index (χ1) is 35.0. The van der Waals surface area contributed by atoms with Gasteiger partial charge >= 0.3 is 5.97 Å². The van der Waals surface area contributed by atoms with Crippen LogP contribution in [-0.4, -0.2) is 47.4 Å². The SMILES string of the molecule is CCCCCCC/C=C\CCCCCCCC(=O)OCCCCCCCCCCCCCC/C=C\CCCCCCCCCCCCCC(=O)NC(CO)C(O)/C=C/CCCCCCCCCCCCC. The van der Waals surface area contributed by atoms with Gasteiger partial charge in [-0.15, -0.1) is 0 Å². The van der Waals surface area contributed by atoms with Crippen molar-refractivity contribution in [1.29, 1.82) is 0 Å². The van der Waals surface area contributed by atoms with Crippen molar-refractivity contribution in [3.63, 3.8) is 0 Å². The van der Waals surface area contributed by atoms with Crippen LogP contribution in [0.3, 0.4) is 0 Å². The molecule has 2 atom stereocenters. The first-order valence-electron chi connectivity index (χ1n) is 31.8. The summed E-state index contributed by atoms with van der Waals surface area (Å²) < 4.78 is 5.48. The standard InChI is InChI=1S/C65H123NO5/c1-3-5-7-9-11-13-15-17-35-39-43-47-51-55-59-65(70)71-60-56-52-48-44-40-36-32-30-28-26-24-22-20-18-19-21-23-25-27-29-31-34-38-42-46-50-54-58-64(69)66-62(61-67)63(68)57-53-49-45-41-37-33-16-14-12-10-8-6-4-2/h15,17-19,53,57,62-63,67-68H,3-14,16,20-52,54-56,58-61H2,1-2H3,(H,66,69)/b17-15-,19-18-,57-53+. The van der Waals surface area contributed by atoms with E-state index in [9.17, 15) is 19.8 Å². The van der Waals surface area contributed by atoms with Gasteiger partial charge < -0.3 is 20.3 Å². The summed E-state index contributed by atoms with van der Waals surface area (Å²) in [4.78, 5) is 24.5. The van der Waals surface area contributed by atoms with Gasteiger partial charge in [0.25, 0.3) is 0 Å². The second-order valence-corrected chi connectivity index (χ2v) is 21.7. The number of allylic oxidation sites excluding steroid dienone is 5. The lowest BCUT2D eigenvalue weighted by atomic mass is 10.0. The molecule has 0 radical (unpaired) electrons. The van der Waals surface area contributed by atoms with Crippen LogP contribution < -0.4 is 5.32 Å². The fraction of sp³-hybridized carbons (Fsp3) is 0.877. The maximum absolute atomic E-state index is 12.4. The van der Waals surface area contributed by atoms with Crippen LogP contribution in [0.15, 0.2) is 36.5 Å². The number of aliphatic hydroxyl groups excluding tert-OH is 2. The van der Waals surface area contributed by atoms with Crippen LogP contribution >= 0.6 is 0 Å². The van der Waals surface area contributed by atoms with Gasteiger partial charge in [0.1, 0.15) is 0 Å². The van der Waals surface area contributed by atoms with E-state index in [2.05, 4.69) is 43.5 Å². The minimum Gasteiger partial charge on any atom is -0.466 e. The zero-order chi connectivity index (χ0) is 51.4. The molecule has 0 aromatic rings. The Bertz CT molecular complexity index is 1150. The van der Waals surface area contributed by atoms with E-state index in [1.54, 1.807) is 6.08 Å². The van der Waals surface area contributed by atoms with Gasteiger partial charge in [0, 0.05) is 12.8 Å². The molecule has 0 fully saturated rings. The Morgan fingerprint density at radius 2 is 0.662 bits per heavy atom. The van der Waals surface area contributed by atoms with Crippen molar-refractivity contribution in [3.8, 4) is 0 Å². The summed E-state index contributed by atoms with van der Waals surface area (Å²) in [7, 11) is 0. The lowest BCUT2D eigenvalue weighted by molar-refractivity contribution is -0.143. The highest BCUT2D eigenvalue weighted by Gasteiger charge is 2.18. The Morgan fingerprint density at radius 3 is 1.00 bits per heavy atom. The monoisotopic (exact) mass is 998 g/mol. The van der Waals surface area contributed by atoms with Crippen LogP contribution in [0, 0.1) is 0 Å². The van der Waals surface area contributed by atoms with Gasteiger partial charge in [0.05, 0.1) is 25.4 Å². The van der Waals surface area contributed by atoms with E-state index in [0.29, 0.717) is 19.4 Å². The van der Waals surface area contributed by atoms with E-state index in [0.717, 1.165) is 44.9 Å². The number of unbranched alkanes of at least 4 members (excludes halogenated alkanes) is 44. The summed E-state index contributed by atoms with van der Waals surface area (Å²) in [5.74, 6) is -0.0623. The minimum atomic E-state index is -0.844. The predicted molar refractivity (Wildman–Crippen MR) is 310 cm³/mol. The van der Waals surface area contributed by atoms with E-state index in [4.69, 9.17) is 4.74 Å². The topological polar surface area (TPSA) is 95.9 Å². The Hall–Kier alpha value is -1.92. The highest BCUT2D eigenvalue weighted by molar-refractivity contribution is 5.76. The molecule has 71 heavy (non-hydrogen) atoms. The lowest BCUT2D eigenvalue weighted by Gasteiger charge is -2.20. The quantitative estimate of drug-likeness (QED) is 0.0321. The van der Waals surface area contributed by atoms with Gasteiger partial charge in [-0.1, -0.05) is 281 Å². The van der Waals surface area contributed by atoms with Crippen molar-refractivity contribution in [2.24, 2.45) is 0 Å². The summed E-state index contributed by atoms with van der Waals surface area (Å²) in [6, 6.07) is -0.628. The number of hydrogen-bond donors (Lipinski definition) is 3. The number of esters is 1. The predicted octanol–water partition coefficient (Wildman–Crippen LogP) is 20.0. The third-order valence-corrected chi connectivity index (χ3v) is 14.6. The van der Waals surface area contributed by atoms with Crippen LogP contribution in [0.5, 0.6) is 0 Å². The Kier molecular flexibility index (Phi) is 59.0. The van der Waals surface area contributed by atoms with Crippen LogP contribution in [0.2, 0.25) is 0 Å². The molecule has 2 unspecified atom stereocenters. The second-order valence-electron chi connectivity index (χ2n) is 21.7. The molecule has 0 aliphatic rings.